The lowest BCUT2D eigenvalue weighted by atomic mass is 9.99. The summed E-state index contributed by atoms with van der Waals surface area (Å²) in [6.45, 7) is 1.62. The molecule has 1 aliphatic heterocycles. The van der Waals surface area contributed by atoms with Crippen LogP contribution in [-0.2, 0) is 13.0 Å². The Morgan fingerprint density at radius 3 is 2.54 bits per heavy atom. The lowest BCUT2D eigenvalue weighted by Gasteiger charge is -2.30. The molecule has 0 fully saturated rings. The van der Waals surface area contributed by atoms with Crippen LogP contribution in [0, 0.1) is 0 Å². The van der Waals surface area contributed by atoms with Gasteiger partial charge < -0.3 is 19.7 Å². The van der Waals surface area contributed by atoms with Gasteiger partial charge in [0.25, 0.3) is 0 Å². The predicted octanol–water partition coefficient (Wildman–Crippen LogP) is 4.45. The van der Waals surface area contributed by atoms with Gasteiger partial charge in [0.15, 0.2) is 11.5 Å². The molecule has 0 saturated carbocycles. The number of hydrogen-bond acceptors (Lipinski definition) is 6. The first-order valence-electron chi connectivity index (χ1n) is 8.99. The highest BCUT2D eigenvalue weighted by molar-refractivity contribution is 6.30. The van der Waals surface area contributed by atoms with Gasteiger partial charge in [-0.2, -0.15) is 0 Å². The maximum Gasteiger partial charge on any atom is 0.161 e. The van der Waals surface area contributed by atoms with Crippen molar-refractivity contribution in [3.05, 3.63) is 64.9 Å². The number of anilines is 3. The fourth-order valence-corrected chi connectivity index (χ4v) is 3.57. The molecule has 0 unspecified atom stereocenters. The third-order valence-electron chi connectivity index (χ3n) is 4.79. The van der Waals surface area contributed by atoms with Gasteiger partial charge in [-0.05, 0) is 47.9 Å². The molecule has 1 aromatic heterocycles. The number of nitrogens with zero attached hydrogens (tertiary/aromatic N) is 3. The molecule has 0 bridgehead atoms. The van der Waals surface area contributed by atoms with Crippen LogP contribution in [0.15, 0.2) is 48.8 Å². The van der Waals surface area contributed by atoms with Crippen molar-refractivity contribution in [1.82, 2.24) is 9.97 Å². The molecular weight excluding hydrogens is 376 g/mol. The van der Waals surface area contributed by atoms with E-state index in [1.165, 1.54) is 11.1 Å². The summed E-state index contributed by atoms with van der Waals surface area (Å²) in [4.78, 5) is 11.0. The molecule has 28 heavy (non-hydrogen) atoms. The summed E-state index contributed by atoms with van der Waals surface area (Å²) >= 11 is 6.06. The minimum absolute atomic E-state index is 0.677. The van der Waals surface area contributed by atoms with Crippen molar-refractivity contribution in [2.24, 2.45) is 0 Å². The molecule has 2 aromatic carbocycles. The number of aromatic nitrogens is 2. The van der Waals surface area contributed by atoms with Gasteiger partial charge in [0.2, 0.25) is 0 Å². The molecule has 0 atom stereocenters. The third kappa shape index (κ3) is 3.82. The molecular formula is C21H21ClN4O2. The molecule has 0 radical (unpaired) electrons. The molecule has 0 spiro atoms. The number of fused-ring (bicyclic) bond motifs is 1. The van der Waals surface area contributed by atoms with Crippen LogP contribution in [0.25, 0.3) is 0 Å². The Labute approximate surface area is 169 Å². The van der Waals surface area contributed by atoms with E-state index in [0.717, 1.165) is 48.3 Å². The van der Waals surface area contributed by atoms with Crippen LogP contribution in [0.4, 0.5) is 17.3 Å². The van der Waals surface area contributed by atoms with Gasteiger partial charge >= 0.3 is 0 Å². The molecule has 2 heterocycles. The van der Waals surface area contributed by atoms with E-state index in [4.69, 9.17) is 21.1 Å². The molecule has 144 valence electrons. The second-order valence-electron chi connectivity index (χ2n) is 6.54. The number of ether oxygens (including phenoxy) is 2. The van der Waals surface area contributed by atoms with Crippen LogP contribution < -0.4 is 19.7 Å². The second-order valence-corrected chi connectivity index (χ2v) is 6.98. The first kappa shape index (κ1) is 18.4. The lowest BCUT2D eigenvalue weighted by Crippen LogP contribution is -2.31. The molecule has 1 N–H and O–H groups in total. The van der Waals surface area contributed by atoms with Gasteiger partial charge in [-0.3, -0.25) is 0 Å². The molecule has 3 aromatic rings. The van der Waals surface area contributed by atoms with Gasteiger partial charge in [0.1, 0.15) is 18.0 Å². The standard InChI is InChI=1S/C21H21ClN4O2/c1-27-18-8-14-6-7-26(12-15(14)9-19(18)28-2)21-11-20(23-13-24-21)25-17-5-3-4-16(22)10-17/h3-5,8-11,13H,6-7,12H2,1-2H3,(H,23,24,25). The summed E-state index contributed by atoms with van der Waals surface area (Å²) in [5.74, 6) is 3.11. The Hall–Kier alpha value is -2.99. The fourth-order valence-electron chi connectivity index (χ4n) is 3.38. The molecule has 0 aliphatic carbocycles. The summed E-state index contributed by atoms with van der Waals surface area (Å²) < 4.78 is 10.9. The molecule has 0 saturated heterocycles. The smallest absolute Gasteiger partial charge is 0.161 e. The minimum Gasteiger partial charge on any atom is -0.493 e. The highest BCUT2D eigenvalue weighted by Crippen LogP contribution is 2.34. The van der Waals surface area contributed by atoms with E-state index in [1.54, 1.807) is 20.5 Å². The Balaban J connectivity index is 1.56. The fraction of sp³-hybridized carbons (Fsp3) is 0.238. The van der Waals surface area contributed by atoms with Crippen molar-refractivity contribution in [2.45, 2.75) is 13.0 Å². The van der Waals surface area contributed by atoms with Crippen molar-refractivity contribution in [3.8, 4) is 11.5 Å². The van der Waals surface area contributed by atoms with Crippen molar-refractivity contribution in [1.29, 1.82) is 0 Å². The Kier molecular flexibility index (Phi) is 5.21. The Morgan fingerprint density at radius 2 is 1.79 bits per heavy atom. The highest BCUT2D eigenvalue weighted by atomic mass is 35.5. The normalized spacial score (nSPS) is 13.0. The van der Waals surface area contributed by atoms with Gasteiger partial charge in [0.05, 0.1) is 14.2 Å². The minimum atomic E-state index is 0.677. The predicted molar refractivity (Wildman–Crippen MR) is 111 cm³/mol. The molecule has 0 amide bonds. The summed E-state index contributed by atoms with van der Waals surface area (Å²) in [5, 5.41) is 3.96. The third-order valence-corrected chi connectivity index (χ3v) is 5.03. The highest BCUT2D eigenvalue weighted by Gasteiger charge is 2.20. The van der Waals surface area contributed by atoms with E-state index in [-0.39, 0.29) is 0 Å². The largest absolute Gasteiger partial charge is 0.493 e. The maximum absolute atomic E-state index is 6.06. The van der Waals surface area contributed by atoms with Crippen molar-refractivity contribution in [2.75, 3.05) is 31.0 Å². The number of hydrogen-bond donors (Lipinski definition) is 1. The number of nitrogens with one attached hydrogen (secondary N) is 1. The summed E-state index contributed by atoms with van der Waals surface area (Å²) in [7, 11) is 3.32. The van der Waals surface area contributed by atoms with E-state index >= 15 is 0 Å². The number of benzene rings is 2. The lowest BCUT2D eigenvalue weighted by molar-refractivity contribution is 0.353. The van der Waals surface area contributed by atoms with Gasteiger partial charge in [-0.25, -0.2) is 9.97 Å². The Morgan fingerprint density at radius 1 is 1.00 bits per heavy atom. The molecule has 6 nitrogen and oxygen atoms in total. The number of halogens is 1. The van der Waals surface area contributed by atoms with Crippen molar-refractivity contribution in [3.63, 3.8) is 0 Å². The topological polar surface area (TPSA) is 59.5 Å². The molecule has 4 rings (SSSR count). The second kappa shape index (κ2) is 7.94. The van der Waals surface area contributed by atoms with Crippen molar-refractivity contribution >= 4 is 28.9 Å². The van der Waals surface area contributed by atoms with Gasteiger partial charge in [-0.1, -0.05) is 17.7 Å². The quantitative estimate of drug-likeness (QED) is 0.687. The number of methoxy groups -OCH3 is 2. The van der Waals surface area contributed by atoms with E-state index in [1.807, 2.05) is 36.4 Å². The monoisotopic (exact) mass is 396 g/mol. The zero-order chi connectivity index (χ0) is 19.5. The molecule has 7 heteroatoms. The van der Waals surface area contributed by atoms with Crippen LogP contribution in [-0.4, -0.2) is 30.7 Å². The number of rotatable bonds is 5. The van der Waals surface area contributed by atoms with Crippen LogP contribution >= 0.6 is 11.6 Å². The van der Waals surface area contributed by atoms with Crippen LogP contribution in [0.2, 0.25) is 5.02 Å². The van der Waals surface area contributed by atoms with Gasteiger partial charge in [-0.15, -0.1) is 0 Å². The van der Waals surface area contributed by atoms with Gasteiger partial charge in [0, 0.05) is 29.9 Å². The van der Waals surface area contributed by atoms with Crippen LogP contribution in [0.1, 0.15) is 11.1 Å². The Bertz CT molecular complexity index is 996. The molecule has 1 aliphatic rings. The zero-order valence-corrected chi connectivity index (χ0v) is 16.5. The summed E-state index contributed by atoms with van der Waals surface area (Å²) in [6.07, 6.45) is 2.49. The summed E-state index contributed by atoms with van der Waals surface area (Å²) in [5.41, 5.74) is 3.38. The van der Waals surface area contributed by atoms with E-state index in [0.29, 0.717) is 5.02 Å². The van der Waals surface area contributed by atoms with Crippen molar-refractivity contribution < 1.29 is 9.47 Å². The SMILES string of the molecule is COc1cc2c(cc1OC)CN(c1cc(Nc3cccc(Cl)c3)ncn1)CC2. The first-order valence-corrected chi connectivity index (χ1v) is 9.37. The van der Waals surface area contributed by atoms with Crippen LogP contribution in [0.3, 0.4) is 0 Å². The summed E-state index contributed by atoms with van der Waals surface area (Å²) in [6, 6.07) is 13.6. The zero-order valence-electron chi connectivity index (χ0n) is 15.8. The average molecular weight is 397 g/mol. The van der Waals surface area contributed by atoms with Crippen LogP contribution in [0.5, 0.6) is 11.5 Å². The maximum atomic E-state index is 6.06. The van der Waals surface area contributed by atoms with E-state index < -0.39 is 0 Å². The van der Waals surface area contributed by atoms with E-state index in [2.05, 4.69) is 26.3 Å². The van der Waals surface area contributed by atoms with E-state index in [9.17, 15) is 0 Å². The first-order chi connectivity index (χ1) is 13.7. The average Bonchev–Trinajstić information content (AvgIpc) is 2.72.